The third-order valence-corrected chi connectivity index (χ3v) is 6.64. The van der Waals surface area contributed by atoms with E-state index in [1.807, 2.05) is 19.1 Å². The first-order chi connectivity index (χ1) is 15.6. The van der Waals surface area contributed by atoms with E-state index >= 15 is 0 Å². The van der Waals surface area contributed by atoms with Crippen LogP contribution in [-0.2, 0) is 0 Å². The maximum atomic E-state index is 14.9. The van der Waals surface area contributed by atoms with Crippen LogP contribution in [0.5, 0.6) is 0 Å². The molecule has 32 heavy (non-hydrogen) atoms. The molecule has 0 aliphatic heterocycles. The third kappa shape index (κ3) is 2.91. The fourth-order valence-corrected chi connectivity index (χ4v) is 4.88. The summed E-state index contributed by atoms with van der Waals surface area (Å²) in [6.07, 6.45) is 5.14. The number of aromatic nitrogens is 6. The normalized spacial score (nSPS) is 11.6. The molecule has 6 nitrogen and oxygen atoms in total. The number of aryl methyl sites for hydroxylation is 2. The monoisotopic (exact) mass is 440 g/mol. The third-order valence-electron chi connectivity index (χ3n) is 5.60. The highest BCUT2D eigenvalue weighted by molar-refractivity contribution is 7.15. The number of hydrogen-bond donors (Lipinski definition) is 2. The number of imidazole rings is 1. The van der Waals surface area contributed by atoms with Gasteiger partial charge in [-0.15, -0.1) is 11.3 Å². The number of pyridine rings is 2. The summed E-state index contributed by atoms with van der Waals surface area (Å²) in [5.74, 6) is 0.255. The minimum Gasteiger partial charge on any atom is -0.335 e. The molecular weight excluding hydrogens is 423 g/mol. The number of H-pyrrole nitrogens is 2. The summed E-state index contributed by atoms with van der Waals surface area (Å²) in [5.41, 5.74) is 5.92. The van der Waals surface area contributed by atoms with Gasteiger partial charge in [0.1, 0.15) is 11.5 Å². The number of aromatic amines is 2. The van der Waals surface area contributed by atoms with E-state index in [9.17, 15) is 4.39 Å². The average Bonchev–Trinajstić information content (AvgIpc) is 3.50. The quantitative estimate of drug-likeness (QED) is 0.351. The SMILES string of the molecule is Cc1ccc(-c2ccnc3nc(-c4n[nH]c5cc(F)c(-c6cnccc6C)cc45)[nH]c23)s1. The van der Waals surface area contributed by atoms with E-state index in [0.29, 0.717) is 28.2 Å². The Bertz CT molecular complexity index is 1630. The molecule has 0 fully saturated rings. The van der Waals surface area contributed by atoms with Gasteiger partial charge in [0.25, 0.3) is 0 Å². The van der Waals surface area contributed by atoms with Gasteiger partial charge in [0.15, 0.2) is 11.5 Å². The van der Waals surface area contributed by atoms with Crippen molar-refractivity contribution in [3.8, 4) is 33.1 Å². The van der Waals surface area contributed by atoms with E-state index in [0.717, 1.165) is 32.5 Å². The molecule has 0 bridgehead atoms. The molecule has 5 aromatic heterocycles. The molecular formula is C24H17FN6S. The van der Waals surface area contributed by atoms with Crippen molar-refractivity contribution in [2.75, 3.05) is 0 Å². The van der Waals surface area contributed by atoms with Crippen molar-refractivity contribution in [2.45, 2.75) is 13.8 Å². The molecule has 0 saturated carbocycles. The number of benzene rings is 1. The van der Waals surface area contributed by atoms with Crippen molar-refractivity contribution < 1.29 is 4.39 Å². The molecule has 0 unspecified atom stereocenters. The highest BCUT2D eigenvalue weighted by atomic mass is 32.1. The van der Waals surface area contributed by atoms with Gasteiger partial charge in [0.05, 0.1) is 11.0 Å². The van der Waals surface area contributed by atoms with Gasteiger partial charge in [0.2, 0.25) is 0 Å². The van der Waals surface area contributed by atoms with E-state index in [1.54, 1.807) is 36.0 Å². The lowest BCUT2D eigenvalue weighted by molar-refractivity contribution is 0.632. The predicted octanol–water partition coefficient (Wildman–Crippen LogP) is 6.05. The van der Waals surface area contributed by atoms with Crippen LogP contribution in [0.3, 0.4) is 0 Å². The number of rotatable bonds is 3. The Labute approximate surface area is 186 Å². The maximum Gasteiger partial charge on any atom is 0.178 e. The van der Waals surface area contributed by atoms with E-state index in [1.165, 1.54) is 10.9 Å². The number of nitrogens with zero attached hydrogens (tertiary/aromatic N) is 4. The number of halogens is 1. The van der Waals surface area contributed by atoms with Crippen molar-refractivity contribution >= 4 is 33.4 Å². The van der Waals surface area contributed by atoms with Crippen LogP contribution in [0.4, 0.5) is 4.39 Å². The molecule has 0 amide bonds. The van der Waals surface area contributed by atoms with Crippen molar-refractivity contribution in [2.24, 2.45) is 0 Å². The van der Waals surface area contributed by atoms with Crippen molar-refractivity contribution in [3.05, 3.63) is 71.2 Å². The minimum absolute atomic E-state index is 0.328. The van der Waals surface area contributed by atoms with Crippen LogP contribution in [0.25, 0.3) is 55.2 Å². The molecule has 156 valence electrons. The molecule has 0 aliphatic rings. The zero-order valence-corrected chi connectivity index (χ0v) is 18.1. The summed E-state index contributed by atoms with van der Waals surface area (Å²) in [6.45, 7) is 4.02. The zero-order valence-electron chi connectivity index (χ0n) is 17.3. The van der Waals surface area contributed by atoms with Gasteiger partial charge >= 0.3 is 0 Å². The van der Waals surface area contributed by atoms with Gasteiger partial charge in [-0.3, -0.25) is 10.1 Å². The van der Waals surface area contributed by atoms with E-state index in [4.69, 9.17) is 4.98 Å². The van der Waals surface area contributed by atoms with E-state index < -0.39 is 0 Å². The standard InChI is InChI=1S/C24H17FN6S/c1-12-5-7-26-11-17(12)15-9-16-19(10-18(15)25)30-31-22(16)24-28-21-14(6-8-27-23(21)29-24)20-4-3-13(2)32-20/h3-11H,1-2H3,(H,30,31)(H,27,28,29). The number of nitrogens with one attached hydrogen (secondary N) is 2. The van der Waals surface area contributed by atoms with E-state index in [2.05, 4.69) is 44.2 Å². The van der Waals surface area contributed by atoms with Crippen LogP contribution in [0.15, 0.2) is 55.0 Å². The largest absolute Gasteiger partial charge is 0.335 e. The van der Waals surface area contributed by atoms with Crippen LogP contribution in [0, 0.1) is 19.7 Å². The lowest BCUT2D eigenvalue weighted by Crippen LogP contribution is -1.90. The summed E-state index contributed by atoms with van der Waals surface area (Å²) in [4.78, 5) is 19.1. The first kappa shape index (κ1) is 18.8. The van der Waals surface area contributed by atoms with Crippen LogP contribution >= 0.6 is 11.3 Å². The maximum absolute atomic E-state index is 14.9. The summed E-state index contributed by atoms with van der Waals surface area (Å²) in [7, 11) is 0. The number of hydrogen-bond acceptors (Lipinski definition) is 5. The molecule has 0 radical (unpaired) electrons. The minimum atomic E-state index is -0.328. The van der Waals surface area contributed by atoms with Gasteiger partial charge in [-0.25, -0.2) is 14.4 Å². The molecule has 6 aromatic rings. The van der Waals surface area contributed by atoms with Gasteiger partial charge in [-0.05, 0) is 49.7 Å². The second-order valence-electron chi connectivity index (χ2n) is 7.69. The number of fused-ring (bicyclic) bond motifs is 2. The van der Waals surface area contributed by atoms with E-state index in [-0.39, 0.29) is 5.82 Å². The first-order valence-electron chi connectivity index (χ1n) is 10.1. The average molecular weight is 441 g/mol. The molecule has 0 aliphatic carbocycles. The second kappa shape index (κ2) is 7.06. The molecule has 2 N–H and O–H groups in total. The Morgan fingerprint density at radius 2 is 1.88 bits per heavy atom. The lowest BCUT2D eigenvalue weighted by Gasteiger charge is -2.07. The molecule has 6 rings (SSSR count). The lowest BCUT2D eigenvalue weighted by atomic mass is 10.0. The van der Waals surface area contributed by atoms with Crippen LogP contribution in [0.1, 0.15) is 10.4 Å². The van der Waals surface area contributed by atoms with Crippen molar-refractivity contribution in [1.82, 2.24) is 30.1 Å². The van der Waals surface area contributed by atoms with Gasteiger partial charge in [-0.2, -0.15) is 5.10 Å². The molecule has 1 aromatic carbocycles. The number of thiophene rings is 1. The fraction of sp³-hybridized carbons (Fsp3) is 0.0833. The van der Waals surface area contributed by atoms with Gasteiger partial charge in [0, 0.05) is 56.5 Å². The summed E-state index contributed by atoms with van der Waals surface area (Å²) < 4.78 is 14.9. The van der Waals surface area contributed by atoms with Crippen LogP contribution in [-0.4, -0.2) is 30.1 Å². The Morgan fingerprint density at radius 3 is 2.69 bits per heavy atom. The highest BCUT2D eigenvalue weighted by Gasteiger charge is 2.19. The molecule has 0 atom stereocenters. The molecule has 5 heterocycles. The topological polar surface area (TPSA) is 83.1 Å². The highest BCUT2D eigenvalue weighted by Crippen LogP contribution is 2.35. The van der Waals surface area contributed by atoms with Gasteiger partial charge < -0.3 is 4.98 Å². The zero-order chi connectivity index (χ0) is 21.8. The van der Waals surface area contributed by atoms with Crippen molar-refractivity contribution in [3.63, 3.8) is 0 Å². The summed E-state index contributed by atoms with van der Waals surface area (Å²) in [5, 5.41) is 8.15. The summed E-state index contributed by atoms with van der Waals surface area (Å²) in [6, 6.07) is 11.3. The van der Waals surface area contributed by atoms with Crippen LogP contribution in [0.2, 0.25) is 0 Å². The predicted molar refractivity (Wildman–Crippen MR) is 125 cm³/mol. The smallest absolute Gasteiger partial charge is 0.178 e. The Hall–Kier alpha value is -3.91. The Kier molecular flexibility index (Phi) is 4.16. The first-order valence-corrected chi connectivity index (χ1v) is 10.9. The van der Waals surface area contributed by atoms with Gasteiger partial charge in [-0.1, -0.05) is 0 Å². The Morgan fingerprint density at radius 1 is 0.969 bits per heavy atom. The van der Waals surface area contributed by atoms with Crippen LogP contribution < -0.4 is 0 Å². The molecule has 8 heteroatoms. The molecule has 0 spiro atoms. The molecule has 0 saturated heterocycles. The van der Waals surface area contributed by atoms with Crippen molar-refractivity contribution in [1.29, 1.82) is 0 Å². The Balaban J connectivity index is 1.54. The second-order valence-corrected chi connectivity index (χ2v) is 8.98. The fourth-order valence-electron chi connectivity index (χ4n) is 3.98. The summed E-state index contributed by atoms with van der Waals surface area (Å²) >= 11 is 1.72.